The molecule has 0 saturated heterocycles. The van der Waals surface area contributed by atoms with Crippen molar-refractivity contribution in [2.75, 3.05) is 5.73 Å². The Balaban J connectivity index is 2.31. The third-order valence-electron chi connectivity index (χ3n) is 3.53. The zero-order chi connectivity index (χ0) is 15.9. The van der Waals surface area contributed by atoms with Crippen molar-refractivity contribution >= 4 is 5.69 Å². The van der Waals surface area contributed by atoms with Gasteiger partial charge in [0.05, 0.1) is 5.92 Å². The van der Waals surface area contributed by atoms with Crippen molar-refractivity contribution in [3.05, 3.63) is 70.6 Å². The Kier molecular flexibility index (Phi) is 3.18. The fraction of sp³-hybridized carbons (Fsp3) is 0.0625. The number of anilines is 1. The zero-order valence-corrected chi connectivity index (χ0v) is 11.3. The summed E-state index contributed by atoms with van der Waals surface area (Å²) in [5.41, 5.74) is 12.0. The third-order valence-corrected chi connectivity index (χ3v) is 3.53. The van der Waals surface area contributed by atoms with Crippen LogP contribution < -0.4 is 16.2 Å². The molecule has 6 heteroatoms. The molecule has 0 saturated carbocycles. The van der Waals surface area contributed by atoms with Crippen molar-refractivity contribution in [2.45, 2.75) is 5.92 Å². The minimum Gasteiger partial charge on any atom is -0.440 e. The summed E-state index contributed by atoms with van der Waals surface area (Å²) in [7, 11) is 0. The van der Waals surface area contributed by atoms with Crippen molar-refractivity contribution in [3.8, 4) is 11.8 Å². The van der Waals surface area contributed by atoms with Crippen molar-refractivity contribution < 1.29 is 13.5 Å². The number of nitrogens with two attached hydrogens (primary N) is 2. The summed E-state index contributed by atoms with van der Waals surface area (Å²) in [5.74, 6) is -2.39. The van der Waals surface area contributed by atoms with Gasteiger partial charge in [0, 0.05) is 22.9 Å². The molecule has 1 aliphatic rings. The van der Waals surface area contributed by atoms with Gasteiger partial charge in [-0.3, -0.25) is 0 Å². The van der Waals surface area contributed by atoms with Gasteiger partial charge in [-0.05, 0) is 18.2 Å². The summed E-state index contributed by atoms with van der Waals surface area (Å²) in [6.45, 7) is 0. The molecule has 0 aliphatic carbocycles. The van der Waals surface area contributed by atoms with Crippen LogP contribution in [0.15, 0.2) is 47.9 Å². The first kappa shape index (κ1) is 13.9. The number of nitriles is 1. The summed E-state index contributed by atoms with van der Waals surface area (Å²) in [4.78, 5) is 0. The molecule has 0 aromatic heterocycles. The molecule has 3 rings (SSSR count). The fourth-order valence-corrected chi connectivity index (χ4v) is 2.56. The number of fused-ring (bicyclic) bond motifs is 1. The second kappa shape index (κ2) is 5.04. The quantitative estimate of drug-likeness (QED) is 0.793. The topological polar surface area (TPSA) is 85.1 Å². The molecule has 0 radical (unpaired) electrons. The Hall–Kier alpha value is -3.07. The van der Waals surface area contributed by atoms with E-state index in [9.17, 15) is 14.0 Å². The maximum atomic E-state index is 14.2. The maximum absolute atomic E-state index is 14.2. The van der Waals surface area contributed by atoms with Crippen LogP contribution in [0.4, 0.5) is 14.5 Å². The summed E-state index contributed by atoms with van der Waals surface area (Å²) in [6, 6.07) is 10.1. The van der Waals surface area contributed by atoms with Gasteiger partial charge in [0.2, 0.25) is 5.88 Å². The predicted molar refractivity (Wildman–Crippen MR) is 76.5 cm³/mol. The van der Waals surface area contributed by atoms with Crippen LogP contribution in [0.3, 0.4) is 0 Å². The van der Waals surface area contributed by atoms with Crippen molar-refractivity contribution in [1.29, 1.82) is 5.26 Å². The first-order chi connectivity index (χ1) is 10.5. The van der Waals surface area contributed by atoms with Crippen molar-refractivity contribution in [2.24, 2.45) is 5.73 Å². The van der Waals surface area contributed by atoms with Gasteiger partial charge in [-0.1, -0.05) is 12.1 Å². The zero-order valence-electron chi connectivity index (χ0n) is 11.3. The van der Waals surface area contributed by atoms with Crippen LogP contribution in [0, 0.1) is 23.0 Å². The lowest BCUT2D eigenvalue weighted by atomic mass is 9.83. The molecule has 2 aromatic rings. The Bertz CT molecular complexity index is 820. The summed E-state index contributed by atoms with van der Waals surface area (Å²) in [6.07, 6.45) is 0. The highest BCUT2D eigenvalue weighted by molar-refractivity contribution is 5.59. The first-order valence-electron chi connectivity index (χ1n) is 6.44. The normalized spacial score (nSPS) is 16.7. The summed E-state index contributed by atoms with van der Waals surface area (Å²) < 4.78 is 33.7. The van der Waals surface area contributed by atoms with E-state index >= 15 is 0 Å². The molecule has 4 nitrogen and oxygen atoms in total. The lowest BCUT2D eigenvalue weighted by Gasteiger charge is -2.27. The average molecular weight is 299 g/mol. The molecule has 110 valence electrons. The van der Waals surface area contributed by atoms with E-state index in [4.69, 9.17) is 16.2 Å². The molecular formula is C16H11F2N3O. The predicted octanol–water partition coefficient (Wildman–Crippen LogP) is 2.77. The van der Waals surface area contributed by atoms with Gasteiger partial charge in [-0.15, -0.1) is 0 Å². The van der Waals surface area contributed by atoms with E-state index in [-0.39, 0.29) is 22.8 Å². The van der Waals surface area contributed by atoms with E-state index in [0.717, 1.165) is 12.1 Å². The van der Waals surface area contributed by atoms with Crippen LogP contribution in [-0.2, 0) is 0 Å². The van der Waals surface area contributed by atoms with Gasteiger partial charge in [-0.2, -0.15) is 5.26 Å². The van der Waals surface area contributed by atoms with Crippen molar-refractivity contribution in [1.82, 2.24) is 0 Å². The van der Waals surface area contributed by atoms with Crippen LogP contribution in [0.5, 0.6) is 5.75 Å². The number of allylic oxidation sites excluding steroid dienone is 1. The van der Waals surface area contributed by atoms with E-state index in [1.54, 1.807) is 12.1 Å². The second-order valence-electron chi connectivity index (χ2n) is 4.86. The average Bonchev–Trinajstić information content (AvgIpc) is 2.46. The highest BCUT2D eigenvalue weighted by atomic mass is 19.1. The molecule has 0 bridgehead atoms. The van der Waals surface area contributed by atoms with Gasteiger partial charge >= 0.3 is 0 Å². The Morgan fingerprint density at radius 1 is 1.09 bits per heavy atom. The molecule has 2 aromatic carbocycles. The maximum Gasteiger partial charge on any atom is 0.205 e. The Labute approximate surface area is 125 Å². The molecule has 4 N–H and O–H groups in total. The number of benzene rings is 2. The lowest BCUT2D eigenvalue weighted by Crippen LogP contribution is -2.22. The molecule has 0 spiro atoms. The summed E-state index contributed by atoms with van der Waals surface area (Å²) in [5, 5.41) is 9.32. The Morgan fingerprint density at radius 2 is 1.77 bits per heavy atom. The van der Waals surface area contributed by atoms with E-state index < -0.39 is 17.6 Å². The van der Waals surface area contributed by atoms with Crippen LogP contribution in [-0.4, -0.2) is 0 Å². The van der Waals surface area contributed by atoms with Crippen LogP contribution in [0.25, 0.3) is 0 Å². The monoisotopic (exact) mass is 299 g/mol. The van der Waals surface area contributed by atoms with Gasteiger partial charge in [0.15, 0.2) is 0 Å². The molecule has 1 atom stereocenters. The highest BCUT2D eigenvalue weighted by Gasteiger charge is 2.34. The Morgan fingerprint density at radius 3 is 2.41 bits per heavy atom. The van der Waals surface area contributed by atoms with Gasteiger partial charge in [-0.25, -0.2) is 8.78 Å². The first-order valence-corrected chi connectivity index (χ1v) is 6.44. The number of hydrogen-bond acceptors (Lipinski definition) is 4. The second-order valence-corrected chi connectivity index (χ2v) is 4.86. The highest BCUT2D eigenvalue weighted by Crippen LogP contribution is 2.44. The fourth-order valence-electron chi connectivity index (χ4n) is 2.56. The molecule has 1 unspecified atom stereocenters. The minimum atomic E-state index is -0.976. The van der Waals surface area contributed by atoms with Crippen LogP contribution >= 0.6 is 0 Å². The smallest absolute Gasteiger partial charge is 0.205 e. The van der Waals surface area contributed by atoms with Crippen molar-refractivity contribution in [3.63, 3.8) is 0 Å². The summed E-state index contributed by atoms with van der Waals surface area (Å²) >= 11 is 0. The van der Waals surface area contributed by atoms with E-state index in [2.05, 4.69) is 0 Å². The number of rotatable bonds is 1. The molecule has 1 heterocycles. The van der Waals surface area contributed by atoms with Gasteiger partial charge in [0.1, 0.15) is 29.0 Å². The molecular weight excluding hydrogens is 288 g/mol. The van der Waals surface area contributed by atoms with E-state index in [0.29, 0.717) is 11.3 Å². The van der Waals surface area contributed by atoms with E-state index in [1.807, 2.05) is 6.07 Å². The number of ether oxygens (including phenoxy) is 1. The van der Waals surface area contributed by atoms with Gasteiger partial charge < -0.3 is 16.2 Å². The number of nitrogens with zero attached hydrogens (tertiary/aromatic N) is 1. The third kappa shape index (κ3) is 2.04. The largest absolute Gasteiger partial charge is 0.440 e. The molecule has 0 amide bonds. The van der Waals surface area contributed by atoms with Crippen LogP contribution in [0.1, 0.15) is 17.0 Å². The lowest BCUT2D eigenvalue weighted by molar-refractivity contribution is 0.391. The minimum absolute atomic E-state index is 0.0405. The van der Waals surface area contributed by atoms with Gasteiger partial charge in [0.25, 0.3) is 0 Å². The molecule has 1 aliphatic heterocycles. The standard InChI is InChI=1S/C16H11F2N3O/c17-11-2-1-3-12(18)15(11)14-9-5-4-8(20)6-13(9)22-16(21)10(14)7-19/h1-6,14H,20-21H2. The number of halogens is 2. The van der Waals surface area contributed by atoms with Crippen LogP contribution in [0.2, 0.25) is 0 Å². The molecule has 22 heavy (non-hydrogen) atoms. The number of hydrogen-bond donors (Lipinski definition) is 2. The SMILES string of the molecule is N#CC1=C(N)Oc2cc(N)ccc2C1c1c(F)cccc1F. The molecule has 0 fully saturated rings. The number of nitrogen functional groups attached to an aromatic ring is 1. The van der Waals surface area contributed by atoms with E-state index in [1.165, 1.54) is 12.1 Å².